The van der Waals surface area contributed by atoms with Crippen LogP contribution in [0.25, 0.3) is 11.0 Å². The number of nitrogens with one attached hydrogen (secondary N) is 1. The number of aromatic nitrogens is 2. The molecule has 5 nitrogen and oxygen atoms in total. The summed E-state index contributed by atoms with van der Waals surface area (Å²) in [4.78, 5) is 17.5. The summed E-state index contributed by atoms with van der Waals surface area (Å²) in [5, 5.41) is 4.01. The molecule has 1 heterocycles. The fourth-order valence-corrected chi connectivity index (χ4v) is 3.87. The highest BCUT2D eigenvalue weighted by Crippen LogP contribution is 2.28. The van der Waals surface area contributed by atoms with Gasteiger partial charge in [0.15, 0.2) is 0 Å². The molecule has 0 spiro atoms. The molecule has 0 saturated carbocycles. The zero-order valence-corrected chi connectivity index (χ0v) is 18.4. The maximum Gasteiger partial charge on any atom is 0.240 e. The first kappa shape index (κ1) is 21.2. The Morgan fingerprint density at radius 2 is 1.81 bits per heavy atom. The van der Waals surface area contributed by atoms with Crippen LogP contribution in [0.5, 0.6) is 5.75 Å². The number of ether oxygens (including phenoxy) is 1. The highest BCUT2D eigenvalue weighted by Gasteiger charge is 2.16. The Balaban J connectivity index is 1.54. The second-order valence-corrected chi connectivity index (χ2v) is 8.01. The molecule has 1 aromatic heterocycles. The second-order valence-electron chi connectivity index (χ2n) is 7.17. The number of halogens is 2. The number of rotatable bonds is 7. The first-order chi connectivity index (χ1) is 15.0. The third kappa shape index (κ3) is 5.01. The number of benzene rings is 3. The van der Waals surface area contributed by atoms with E-state index in [1.165, 1.54) is 0 Å². The van der Waals surface area contributed by atoms with Crippen LogP contribution >= 0.6 is 23.2 Å². The van der Waals surface area contributed by atoms with Gasteiger partial charge in [-0.3, -0.25) is 4.79 Å². The van der Waals surface area contributed by atoms with Crippen LogP contribution in [0, 0.1) is 0 Å². The molecule has 31 heavy (non-hydrogen) atoms. The molecule has 0 bridgehead atoms. The minimum Gasteiger partial charge on any atom is -0.484 e. The normalized spacial score (nSPS) is 12.0. The summed E-state index contributed by atoms with van der Waals surface area (Å²) in [6.45, 7) is 2.26. The lowest BCUT2D eigenvalue weighted by atomic mass is 10.1. The van der Waals surface area contributed by atoms with Gasteiger partial charge in [-0.05, 0) is 42.8 Å². The van der Waals surface area contributed by atoms with Gasteiger partial charge in [-0.15, -0.1) is 0 Å². The van der Waals surface area contributed by atoms with Gasteiger partial charge in [0.25, 0.3) is 0 Å². The van der Waals surface area contributed by atoms with Gasteiger partial charge in [-0.2, -0.15) is 0 Å². The Morgan fingerprint density at radius 1 is 1.06 bits per heavy atom. The molecule has 4 rings (SSSR count). The number of amides is 1. The predicted molar refractivity (Wildman–Crippen MR) is 124 cm³/mol. The van der Waals surface area contributed by atoms with Crippen molar-refractivity contribution in [3.63, 3.8) is 0 Å². The first-order valence-corrected chi connectivity index (χ1v) is 10.6. The van der Waals surface area contributed by atoms with Crippen LogP contribution in [0.2, 0.25) is 10.0 Å². The fourth-order valence-electron chi connectivity index (χ4n) is 3.40. The lowest BCUT2D eigenvalue weighted by Crippen LogP contribution is -2.30. The zero-order valence-electron chi connectivity index (χ0n) is 16.9. The standard InChI is InChI=1S/C24H21Cl2N3O2/c1-16(17-7-3-2-4-8-17)27-24(30)14-29-21-10-6-5-9-20(21)28-23(29)15-31-22-12-11-18(25)13-19(22)26/h2-13,16H,14-15H2,1H3,(H,27,30). The Hall–Kier alpha value is -3.02. The third-order valence-corrected chi connectivity index (χ3v) is 5.49. The molecule has 0 fully saturated rings. The molecule has 7 heteroatoms. The largest absolute Gasteiger partial charge is 0.484 e. The van der Waals surface area contributed by atoms with Gasteiger partial charge in [0, 0.05) is 5.02 Å². The van der Waals surface area contributed by atoms with Crippen molar-refractivity contribution < 1.29 is 9.53 Å². The average Bonchev–Trinajstić information content (AvgIpc) is 3.11. The number of imidazole rings is 1. The summed E-state index contributed by atoms with van der Waals surface area (Å²) in [6, 6.07) is 22.5. The van der Waals surface area contributed by atoms with Crippen molar-refractivity contribution in [1.29, 1.82) is 0 Å². The lowest BCUT2D eigenvalue weighted by molar-refractivity contribution is -0.122. The second kappa shape index (κ2) is 9.41. The molecular weight excluding hydrogens is 433 g/mol. The van der Waals surface area contributed by atoms with Crippen LogP contribution < -0.4 is 10.1 Å². The Morgan fingerprint density at radius 3 is 2.58 bits per heavy atom. The molecule has 1 unspecified atom stereocenters. The number of hydrogen-bond acceptors (Lipinski definition) is 3. The van der Waals surface area contributed by atoms with Crippen LogP contribution in [0.1, 0.15) is 24.4 Å². The van der Waals surface area contributed by atoms with Crippen molar-refractivity contribution in [3.05, 3.63) is 94.2 Å². The van der Waals surface area contributed by atoms with Crippen molar-refractivity contribution in [1.82, 2.24) is 14.9 Å². The molecule has 0 aliphatic carbocycles. The molecule has 0 saturated heterocycles. The third-order valence-electron chi connectivity index (χ3n) is 4.96. The van der Waals surface area contributed by atoms with E-state index in [9.17, 15) is 4.79 Å². The van der Waals surface area contributed by atoms with E-state index in [1.807, 2.05) is 66.1 Å². The molecule has 0 radical (unpaired) electrons. The van der Waals surface area contributed by atoms with Gasteiger partial charge in [0.05, 0.1) is 22.1 Å². The van der Waals surface area contributed by atoms with E-state index in [0.717, 1.165) is 16.6 Å². The Bertz CT molecular complexity index is 1210. The van der Waals surface area contributed by atoms with Crippen molar-refractivity contribution in [2.75, 3.05) is 0 Å². The van der Waals surface area contributed by atoms with Crippen molar-refractivity contribution in [3.8, 4) is 5.75 Å². The average molecular weight is 454 g/mol. The molecule has 1 N–H and O–H groups in total. The summed E-state index contributed by atoms with van der Waals surface area (Å²) < 4.78 is 7.74. The summed E-state index contributed by atoms with van der Waals surface area (Å²) in [6.07, 6.45) is 0. The van der Waals surface area contributed by atoms with E-state index in [2.05, 4.69) is 10.3 Å². The maximum atomic E-state index is 12.8. The van der Waals surface area contributed by atoms with Crippen LogP contribution in [-0.2, 0) is 17.9 Å². The SMILES string of the molecule is CC(NC(=O)Cn1c(COc2ccc(Cl)cc2Cl)nc2ccccc21)c1ccccc1. The quantitative estimate of drug-likeness (QED) is 0.384. The molecule has 1 amide bonds. The van der Waals surface area contributed by atoms with Crippen LogP contribution in [-0.4, -0.2) is 15.5 Å². The van der Waals surface area contributed by atoms with E-state index < -0.39 is 0 Å². The van der Waals surface area contributed by atoms with Crippen LogP contribution in [0.15, 0.2) is 72.8 Å². The maximum absolute atomic E-state index is 12.8. The van der Waals surface area contributed by atoms with Gasteiger partial charge >= 0.3 is 0 Å². The smallest absolute Gasteiger partial charge is 0.240 e. The molecule has 0 aliphatic rings. The Kier molecular flexibility index (Phi) is 6.44. The number of nitrogens with zero attached hydrogens (tertiary/aromatic N) is 2. The molecule has 3 aromatic carbocycles. The highest BCUT2D eigenvalue weighted by atomic mass is 35.5. The molecule has 1 atom stereocenters. The molecule has 4 aromatic rings. The highest BCUT2D eigenvalue weighted by molar-refractivity contribution is 6.35. The number of hydrogen-bond donors (Lipinski definition) is 1. The zero-order chi connectivity index (χ0) is 21.8. The molecule has 0 aliphatic heterocycles. The molecular formula is C24H21Cl2N3O2. The van der Waals surface area contributed by atoms with E-state index >= 15 is 0 Å². The van der Waals surface area contributed by atoms with E-state index in [-0.39, 0.29) is 25.1 Å². The minimum absolute atomic E-state index is 0.101. The number of para-hydroxylation sites is 2. The van der Waals surface area contributed by atoms with Gasteiger partial charge < -0.3 is 14.6 Å². The predicted octanol–water partition coefficient (Wildman–Crippen LogP) is 5.80. The number of fused-ring (bicyclic) bond motifs is 1. The monoisotopic (exact) mass is 453 g/mol. The number of carbonyl (C=O) groups is 1. The molecule has 158 valence electrons. The van der Waals surface area contributed by atoms with Crippen molar-refractivity contribution >= 4 is 40.1 Å². The van der Waals surface area contributed by atoms with Gasteiger partial charge in [-0.1, -0.05) is 65.7 Å². The van der Waals surface area contributed by atoms with Crippen molar-refractivity contribution in [2.45, 2.75) is 26.1 Å². The van der Waals surface area contributed by atoms with Crippen molar-refractivity contribution in [2.24, 2.45) is 0 Å². The van der Waals surface area contributed by atoms with Crippen LogP contribution in [0.3, 0.4) is 0 Å². The summed E-state index contributed by atoms with van der Waals surface area (Å²) in [5.41, 5.74) is 2.71. The van der Waals surface area contributed by atoms with E-state index in [1.54, 1.807) is 18.2 Å². The number of carbonyl (C=O) groups excluding carboxylic acids is 1. The lowest BCUT2D eigenvalue weighted by Gasteiger charge is -2.16. The Labute approximate surface area is 190 Å². The summed E-state index contributed by atoms with van der Waals surface area (Å²) in [7, 11) is 0. The minimum atomic E-state index is -0.106. The summed E-state index contributed by atoms with van der Waals surface area (Å²) in [5.74, 6) is 1.03. The first-order valence-electron chi connectivity index (χ1n) is 9.87. The van der Waals surface area contributed by atoms with Gasteiger partial charge in [-0.25, -0.2) is 4.98 Å². The summed E-state index contributed by atoms with van der Waals surface area (Å²) >= 11 is 12.2. The van der Waals surface area contributed by atoms with Gasteiger partial charge in [0.2, 0.25) is 5.91 Å². The topological polar surface area (TPSA) is 56.2 Å². The van der Waals surface area contributed by atoms with E-state index in [0.29, 0.717) is 21.6 Å². The van der Waals surface area contributed by atoms with Gasteiger partial charge in [0.1, 0.15) is 24.7 Å². The van der Waals surface area contributed by atoms with E-state index in [4.69, 9.17) is 27.9 Å². The fraction of sp³-hybridized carbons (Fsp3) is 0.167. The van der Waals surface area contributed by atoms with Crippen LogP contribution in [0.4, 0.5) is 0 Å².